The van der Waals surface area contributed by atoms with Crippen LogP contribution >= 0.6 is 0 Å². The molecule has 0 spiro atoms. The Balaban J connectivity index is 2.22. The van der Waals surface area contributed by atoms with Crippen molar-refractivity contribution in [3.63, 3.8) is 0 Å². The predicted octanol–water partition coefficient (Wildman–Crippen LogP) is 5.71. The minimum Gasteiger partial charge on any atom is -0.282 e. The molecule has 0 heterocycles. The summed E-state index contributed by atoms with van der Waals surface area (Å²) in [5.41, 5.74) is 1.71. The molecule has 0 fully saturated rings. The van der Waals surface area contributed by atoms with Crippen LogP contribution in [0.1, 0.15) is 82.3 Å². The van der Waals surface area contributed by atoms with Crippen LogP contribution in [0.25, 0.3) is 0 Å². The molecule has 1 rings (SSSR count). The van der Waals surface area contributed by atoms with Crippen molar-refractivity contribution in [2.45, 2.75) is 89.4 Å². The van der Waals surface area contributed by atoms with Gasteiger partial charge in [0.2, 0.25) is 0 Å². The molecule has 0 amide bonds. The molecule has 0 aromatic heterocycles. The van der Waals surface area contributed by atoms with Gasteiger partial charge in [-0.2, -0.15) is 8.42 Å². The lowest BCUT2D eigenvalue weighted by Crippen LogP contribution is -2.03. The summed E-state index contributed by atoms with van der Waals surface area (Å²) in [5, 5.41) is 0. The molecule has 0 unspecified atom stereocenters. The Kier molecular flexibility index (Phi) is 9.49. The van der Waals surface area contributed by atoms with Crippen LogP contribution in [0, 0.1) is 6.92 Å². The van der Waals surface area contributed by atoms with Gasteiger partial charge in [0.1, 0.15) is 0 Å². The molecule has 0 radical (unpaired) electrons. The van der Waals surface area contributed by atoms with E-state index in [-0.39, 0.29) is 4.90 Å². The molecular weight excluding hydrogens is 308 g/mol. The first-order valence-corrected chi connectivity index (χ1v) is 10.5. The molecule has 0 saturated carbocycles. The minimum absolute atomic E-state index is 0.0436. The van der Waals surface area contributed by atoms with E-state index >= 15 is 0 Å². The van der Waals surface area contributed by atoms with Gasteiger partial charge in [0, 0.05) is 0 Å². The fourth-order valence-electron chi connectivity index (χ4n) is 3.01. The number of hydrogen-bond acceptors (Lipinski definition) is 2. The Bertz CT molecular complexity index is 550. The minimum atomic E-state index is -4.11. The van der Waals surface area contributed by atoms with Crippen LogP contribution in [0.15, 0.2) is 23.1 Å². The first-order valence-electron chi connectivity index (χ1n) is 9.02. The van der Waals surface area contributed by atoms with Crippen LogP contribution in [0.3, 0.4) is 0 Å². The molecule has 0 bridgehead atoms. The predicted molar refractivity (Wildman–Crippen MR) is 96.5 cm³/mol. The van der Waals surface area contributed by atoms with Crippen molar-refractivity contribution in [3.8, 4) is 0 Å². The molecule has 1 N–H and O–H groups in total. The smallest absolute Gasteiger partial charge is 0.282 e. The maximum Gasteiger partial charge on any atom is 0.294 e. The lowest BCUT2D eigenvalue weighted by molar-refractivity contribution is 0.482. The number of unbranched alkanes of at least 4 members (excludes halogenated alkanes) is 9. The van der Waals surface area contributed by atoms with Gasteiger partial charge in [-0.25, -0.2) is 0 Å². The molecule has 0 saturated heterocycles. The highest BCUT2D eigenvalue weighted by atomic mass is 32.2. The topological polar surface area (TPSA) is 54.4 Å². The van der Waals surface area contributed by atoms with Crippen LogP contribution in [-0.4, -0.2) is 13.0 Å². The second-order valence-electron chi connectivity index (χ2n) is 6.45. The Hall–Kier alpha value is -0.870. The summed E-state index contributed by atoms with van der Waals surface area (Å²) in [6, 6.07) is 5.13. The van der Waals surface area contributed by atoms with Crippen LogP contribution in [0.4, 0.5) is 0 Å². The fourth-order valence-corrected chi connectivity index (χ4v) is 3.78. The normalized spacial score (nSPS) is 11.8. The third-order valence-corrected chi connectivity index (χ3v) is 5.47. The van der Waals surface area contributed by atoms with Gasteiger partial charge >= 0.3 is 0 Å². The van der Waals surface area contributed by atoms with Gasteiger partial charge in [0.15, 0.2) is 0 Å². The molecule has 0 aliphatic heterocycles. The molecular formula is C19H32O3S. The third-order valence-electron chi connectivity index (χ3n) is 4.47. The van der Waals surface area contributed by atoms with Crippen molar-refractivity contribution in [3.05, 3.63) is 29.3 Å². The zero-order chi connectivity index (χ0) is 17.1. The van der Waals surface area contributed by atoms with Crippen LogP contribution < -0.4 is 0 Å². The molecule has 0 atom stereocenters. The maximum atomic E-state index is 11.3. The Morgan fingerprint density at radius 2 is 1.39 bits per heavy atom. The van der Waals surface area contributed by atoms with E-state index in [1.54, 1.807) is 13.0 Å². The summed E-state index contributed by atoms with van der Waals surface area (Å²) in [6.45, 7) is 4.02. The maximum absolute atomic E-state index is 11.3. The number of hydrogen-bond donors (Lipinski definition) is 1. The van der Waals surface area contributed by atoms with Gasteiger partial charge in [0.25, 0.3) is 10.1 Å². The molecule has 23 heavy (non-hydrogen) atoms. The second kappa shape index (κ2) is 10.8. The van der Waals surface area contributed by atoms with Gasteiger partial charge in [-0.3, -0.25) is 4.55 Å². The van der Waals surface area contributed by atoms with Gasteiger partial charge < -0.3 is 0 Å². The molecule has 0 aliphatic rings. The van der Waals surface area contributed by atoms with E-state index in [4.69, 9.17) is 0 Å². The average Bonchev–Trinajstić information content (AvgIpc) is 2.49. The fraction of sp³-hybridized carbons (Fsp3) is 0.684. The summed E-state index contributed by atoms with van der Waals surface area (Å²) in [6.07, 6.45) is 13.8. The Morgan fingerprint density at radius 1 is 0.870 bits per heavy atom. The van der Waals surface area contributed by atoms with Crippen LogP contribution in [0.2, 0.25) is 0 Å². The molecule has 1 aromatic carbocycles. The second-order valence-corrected chi connectivity index (χ2v) is 7.84. The monoisotopic (exact) mass is 340 g/mol. The quantitative estimate of drug-likeness (QED) is 0.392. The SMILES string of the molecule is CCCCCCCCCCCCc1cccc(S(=O)(=O)O)c1C. The van der Waals surface area contributed by atoms with Crippen molar-refractivity contribution in [1.82, 2.24) is 0 Å². The first-order chi connectivity index (χ1) is 11.0. The van der Waals surface area contributed by atoms with Gasteiger partial charge in [-0.05, 0) is 37.0 Å². The van der Waals surface area contributed by atoms with Crippen molar-refractivity contribution in [1.29, 1.82) is 0 Å². The molecule has 4 heteroatoms. The van der Waals surface area contributed by atoms with Crippen LogP contribution in [0.5, 0.6) is 0 Å². The molecule has 0 aliphatic carbocycles. The van der Waals surface area contributed by atoms with Gasteiger partial charge in [0.05, 0.1) is 4.90 Å². The van der Waals surface area contributed by atoms with Crippen molar-refractivity contribution in [2.75, 3.05) is 0 Å². The van der Waals surface area contributed by atoms with Crippen molar-refractivity contribution >= 4 is 10.1 Å². The van der Waals surface area contributed by atoms with Crippen LogP contribution in [-0.2, 0) is 16.5 Å². The first kappa shape index (κ1) is 20.2. The van der Waals surface area contributed by atoms with E-state index in [9.17, 15) is 13.0 Å². The number of benzene rings is 1. The van der Waals surface area contributed by atoms with E-state index < -0.39 is 10.1 Å². The third kappa shape index (κ3) is 7.98. The lowest BCUT2D eigenvalue weighted by atomic mass is 10.0. The highest BCUT2D eigenvalue weighted by Gasteiger charge is 2.14. The van der Waals surface area contributed by atoms with E-state index in [1.165, 1.54) is 63.9 Å². The number of rotatable bonds is 12. The van der Waals surface area contributed by atoms with Gasteiger partial charge in [-0.1, -0.05) is 76.8 Å². The van der Waals surface area contributed by atoms with E-state index in [2.05, 4.69) is 6.92 Å². The zero-order valence-corrected chi connectivity index (χ0v) is 15.5. The summed E-state index contributed by atoms with van der Waals surface area (Å²) in [7, 11) is -4.11. The standard InChI is InChI=1S/C19H32O3S/c1-3-4-5-6-7-8-9-10-11-12-14-18-15-13-16-19(17(18)2)23(20,21)22/h13,15-16H,3-12,14H2,1-2H3,(H,20,21,22). The molecule has 132 valence electrons. The summed E-state index contributed by atoms with van der Waals surface area (Å²) in [4.78, 5) is 0.0436. The average molecular weight is 341 g/mol. The summed E-state index contributed by atoms with van der Waals surface area (Å²) in [5.74, 6) is 0. The van der Waals surface area contributed by atoms with Crippen molar-refractivity contribution < 1.29 is 13.0 Å². The van der Waals surface area contributed by atoms with E-state index in [0.29, 0.717) is 5.56 Å². The van der Waals surface area contributed by atoms with E-state index in [1.807, 2.05) is 6.07 Å². The lowest BCUT2D eigenvalue weighted by Gasteiger charge is -2.09. The highest BCUT2D eigenvalue weighted by molar-refractivity contribution is 7.85. The molecule has 3 nitrogen and oxygen atoms in total. The highest BCUT2D eigenvalue weighted by Crippen LogP contribution is 2.21. The van der Waals surface area contributed by atoms with Crippen molar-refractivity contribution in [2.24, 2.45) is 0 Å². The van der Waals surface area contributed by atoms with E-state index in [0.717, 1.165) is 18.4 Å². The Morgan fingerprint density at radius 3 is 1.91 bits per heavy atom. The Labute approximate surface area is 142 Å². The summed E-state index contributed by atoms with van der Waals surface area (Å²) >= 11 is 0. The number of aryl methyl sites for hydroxylation is 1. The zero-order valence-electron chi connectivity index (χ0n) is 14.7. The summed E-state index contributed by atoms with van der Waals surface area (Å²) < 4.78 is 31.8. The largest absolute Gasteiger partial charge is 0.294 e. The molecule has 1 aromatic rings. The van der Waals surface area contributed by atoms with Gasteiger partial charge in [-0.15, -0.1) is 0 Å².